The molecule has 0 aromatic carbocycles. The van der Waals surface area contributed by atoms with Crippen molar-refractivity contribution in [3.63, 3.8) is 0 Å². The van der Waals surface area contributed by atoms with Crippen LogP contribution in [-0.4, -0.2) is 0 Å². The highest BCUT2D eigenvalue weighted by atomic mass is 32.1. The predicted octanol–water partition coefficient (Wildman–Crippen LogP) is 3.83. The molecule has 0 fully saturated rings. The molecule has 1 aliphatic carbocycles. The van der Waals surface area contributed by atoms with E-state index in [0.717, 1.165) is 18.4 Å². The normalized spacial score (nSPS) is 27.9. The Morgan fingerprint density at radius 2 is 2.24 bits per heavy atom. The van der Waals surface area contributed by atoms with Crippen LogP contribution in [0.1, 0.15) is 55.3 Å². The molecular formula is C13H19N2PS. The summed E-state index contributed by atoms with van der Waals surface area (Å²) in [7, 11) is 2.90. The summed E-state index contributed by atoms with van der Waals surface area (Å²) < 4.78 is 0. The Balaban J connectivity index is 2.70. The van der Waals surface area contributed by atoms with Crippen molar-refractivity contribution in [2.75, 3.05) is 5.73 Å². The van der Waals surface area contributed by atoms with Gasteiger partial charge in [0.1, 0.15) is 11.1 Å². The van der Waals surface area contributed by atoms with E-state index in [9.17, 15) is 5.26 Å². The second-order valence-electron chi connectivity index (χ2n) is 5.41. The summed E-state index contributed by atoms with van der Waals surface area (Å²) in [5.41, 5.74) is 8.52. The summed E-state index contributed by atoms with van der Waals surface area (Å²) in [5, 5.41) is 10.0. The molecule has 92 valence electrons. The molecule has 1 aliphatic rings. The molecule has 2 N–H and O–H groups in total. The minimum absolute atomic E-state index is 0.0988. The van der Waals surface area contributed by atoms with Crippen LogP contribution in [0.4, 0.5) is 5.00 Å². The number of hydrogen-bond acceptors (Lipinski definition) is 3. The van der Waals surface area contributed by atoms with Gasteiger partial charge in [0.15, 0.2) is 0 Å². The molecule has 0 saturated heterocycles. The largest absolute Gasteiger partial charge is 0.389 e. The summed E-state index contributed by atoms with van der Waals surface area (Å²) in [4.78, 5) is 1.31. The zero-order valence-corrected chi connectivity index (χ0v) is 12.6. The third-order valence-electron chi connectivity index (χ3n) is 4.23. The quantitative estimate of drug-likeness (QED) is 0.785. The summed E-state index contributed by atoms with van der Waals surface area (Å²) in [6.07, 6.45) is 2.30. The average molecular weight is 266 g/mol. The number of nitrogens with zero attached hydrogens (tertiary/aromatic N) is 1. The molecular weight excluding hydrogens is 247 g/mol. The first-order valence-corrected chi connectivity index (χ1v) is 7.48. The molecule has 0 bridgehead atoms. The third-order valence-corrected chi connectivity index (χ3v) is 6.29. The van der Waals surface area contributed by atoms with E-state index in [1.807, 2.05) is 0 Å². The Labute approximate surface area is 109 Å². The van der Waals surface area contributed by atoms with Crippen LogP contribution in [0.2, 0.25) is 0 Å². The van der Waals surface area contributed by atoms with Gasteiger partial charge in [-0.25, -0.2) is 0 Å². The molecule has 2 nitrogen and oxygen atoms in total. The van der Waals surface area contributed by atoms with Crippen LogP contribution < -0.4 is 5.73 Å². The number of fused-ring (bicyclic) bond motifs is 1. The first-order valence-electron chi connectivity index (χ1n) is 6.00. The van der Waals surface area contributed by atoms with Gasteiger partial charge < -0.3 is 5.73 Å². The van der Waals surface area contributed by atoms with Crippen molar-refractivity contribution >= 4 is 25.6 Å². The van der Waals surface area contributed by atoms with Gasteiger partial charge in [0.2, 0.25) is 0 Å². The molecule has 0 radical (unpaired) electrons. The van der Waals surface area contributed by atoms with Crippen LogP contribution >= 0.6 is 20.6 Å². The highest BCUT2D eigenvalue weighted by Gasteiger charge is 2.41. The van der Waals surface area contributed by atoms with Gasteiger partial charge in [-0.05, 0) is 29.7 Å². The number of hydrogen-bond donors (Lipinski definition) is 1. The molecule has 0 aliphatic heterocycles. The topological polar surface area (TPSA) is 49.8 Å². The van der Waals surface area contributed by atoms with E-state index in [-0.39, 0.29) is 5.41 Å². The van der Waals surface area contributed by atoms with Gasteiger partial charge in [-0.15, -0.1) is 20.6 Å². The average Bonchev–Trinajstić information content (AvgIpc) is 2.62. The van der Waals surface area contributed by atoms with Crippen molar-refractivity contribution in [3.8, 4) is 6.07 Å². The maximum atomic E-state index is 9.33. The fraction of sp³-hybridized carbons (Fsp3) is 0.615. The number of nitrogens with two attached hydrogens (primary N) is 1. The van der Waals surface area contributed by atoms with E-state index in [1.165, 1.54) is 10.4 Å². The van der Waals surface area contributed by atoms with Crippen molar-refractivity contribution in [1.29, 1.82) is 5.26 Å². The summed E-state index contributed by atoms with van der Waals surface area (Å²) >= 11 is 1.60. The Morgan fingerprint density at radius 3 is 2.76 bits per heavy atom. The second kappa shape index (κ2) is 4.26. The minimum atomic E-state index is 0.0988. The Kier molecular flexibility index (Phi) is 3.23. The number of nitrogen functional groups attached to an aromatic ring is 1. The molecule has 3 atom stereocenters. The molecule has 1 aromatic rings. The fourth-order valence-electron chi connectivity index (χ4n) is 2.69. The number of thiophene rings is 1. The molecule has 0 saturated carbocycles. The number of anilines is 1. The second-order valence-corrected chi connectivity index (χ2v) is 7.30. The molecule has 1 heterocycles. The maximum Gasteiger partial charge on any atom is 0.104 e. The lowest BCUT2D eigenvalue weighted by molar-refractivity contribution is 0.290. The van der Waals surface area contributed by atoms with Gasteiger partial charge >= 0.3 is 0 Å². The van der Waals surface area contributed by atoms with Crippen molar-refractivity contribution in [2.24, 2.45) is 5.92 Å². The van der Waals surface area contributed by atoms with Gasteiger partial charge in [0, 0.05) is 10.5 Å². The first-order chi connectivity index (χ1) is 7.91. The lowest BCUT2D eigenvalue weighted by Crippen LogP contribution is -2.33. The van der Waals surface area contributed by atoms with Gasteiger partial charge in [0.25, 0.3) is 0 Å². The predicted molar refractivity (Wildman–Crippen MR) is 77.3 cm³/mol. The SMILES string of the molecule is CC(C)C1(C)CCC(P)c2sc(N)c(C#N)c21. The van der Waals surface area contributed by atoms with Crippen LogP contribution in [0.25, 0.3) is 0 Å². The van der Waals surface area contributed by atoms with E-state index < -0.39 is 0 Å². The minimum Gasteiger partial charge on any atom is -0.389 e. The van der Waals surface area contributed by atoms with Crippen LogP contribution in [0.15, 0.2) is 0 Å². The number of nitriles is 1. The molecule has 1 aromatic heterocycles. The van der Waals surface area contributed by atoms with Crippen molar-refractivity contribution < 1.29 is 0 Å². The third kappa shape index (κ3) is 1.79. The highest BCUT2D eigenvalue weighted by Crippen LogP contribution is 2.54. The van der Waals surface area contributed by atoms with Crippen LogP contribution in [0, 0.1) is 17.2 Å². The van der Waals surface area contributed by atoms with Crippen LogP contribution in [0.3, 0.4) is 0 Å². The van der Waals surface area contributed by atoms with Crippen molar-refractivity contribution in [3.05, 3.63) is 16.0 Å². The lowest BCUT2D eigenvalue weighted by atomic mass is 9.66. The fourth-order valence-corrected chi connectivity index (χ4v) is 4.43. The van der Waals surface area contributed by atoms with E-state index in [2.05, 4.69) is 36.1 Å². The van der Waals surface area contributed by atoms with Crippen LogP contribution in [0.5, 0.6) is 0 Å². The lowest BCUT2D eigenvalue weighted by Gasteiger charge is -2.40. The summed E-state index contributed by atoms with van der Waals surface area (Å²) in [6.45, 7) is 6.75. The highest BCUT2D eigenvalue weighted by molar-refractivity contribution is 7.22. The Bertz CT molecular complexity index is 486. The zero-order chi connectivity index (χ0) is 12.8. The first kappa shape index (κ1) is 12.9. The summed E-state index contributed by atoms with van der Waals surface area (Å²) in [6, 6.07) is 2.31. The smallest absolute Gasteiger partial charge is 0.104 e. The monoisotopic (exact) mass is 266 g/mol. The van der Waals surface area contributed by atoms with E-state index in [4.69, 9.17) is 5.73 Å². The van der Waals surface area contributed by atoms with Crippen LogP contribution in [-0.2, 0) is 5.41 Å². The molecule has 3 unspecified atom stereocenters. The molecule has 17 heavy (non-hydrogen) atoms. The Hall–Kier alpha value is -0.580. The standard InChI is InChI=1S/C13H19N2PS/c1-7(2)13(3)5-4-9(16)11-10(13)8(6-14)12(15)17-11/h7,9H,4-5,15-16H2,1-3H3. The van der Waals surface area contributed by atoms with Crippen molar-refractivity contribution in [2.45, 2.75) is 44.7 Å². The molecule has 0 amide bonds. The molecule has 2 rings (SSSR count). The van der Waals surface area contributed by atoms with Gasteiger partial charge in [-0.3, -0.25) is 0 Å². The zero-order valence-electron chi connectivity index (χ0n) is 10.6. The maximum absolute atomic E-state index is 9.33. The summed E-state index contributed by atoms with van der Waals surface area (Å²) in [5.74, 6) is 0.528. The number of rotatable bonds is 1. The van der Waals surface area contributed by atoms with E-state index in [1.54, 1.807) is 11.3 Å². The van der Waals surface area contributed by atoms with Gasteiger partial charge in [-0.2, -0.15) is 5.26 Å². The van der Waals surface area contributed by atoms with Crippen molar-refractivity contribution in [1.82, 2.24) is 0 Å². The van der Waals surface area contributed by atoms with Gasteiger partial charge in [0.05, 0.1) is 5.56 Å². The van der Waals surface area contributed by atoms with E-state index >= 15 is 0 Å². The molecule has 4 heteroatoms. The van der Waals surface area contributed by atoms with Gasteiger partial charge in [-0.1, -0.05) is 20.8 Å². The van der Waals surface area contributed by atoms with E-state index in [0.29, 0.717) is 16.6 Å². The molecule has 0 spiro atoms. The Morgan fingerprint density at radius 1 is 1.59 bits per heavy atom.